The quantitative estimate of drug-likeness (QED) is 0.622. The summed E-state index contributed by atoms with van der Waals surface area (Å²) < 4.78 is 41.3. The summed E-state index contributed by atoms with van der Waals surface area (Å²) in [6.07, 6.45) is -0.946. The highest BCUT2D eigenvalue weighted by molar-refractivity contribution is 5.82. The molecule has 4 rings (SSSR count). The molecule has 1 aliphatic heterocycles. The normalized spacial score (nSPS) is 17.1. The van der Waals surface area contributed by atoms with Gasteiger partial charge in [0.15, 0.2) is 5.58 Å². The zero-order chi connectivity index (χ0) is 22.8. The number of fused-ring (bicyclic) bond motifs is 1. The van der Waals surface area contributed by atoms with Crippen LogP contribution < -0.4 is 16.4 Å². The number of ether oxygens (including phenoxy) is 1. The third kappa shape index (κ3) is 4.26. The molecule has 1 aromatic heterocycles. The number of hydrogen-bond donors (Lipinski definition) is 2. The summed E-state index contributed by atoms with van der Waals surface area (Å²) >= 11 is 0. The van der Waals surface area contributed by atoms with Gasteiger partial charge in [-0.2, -0.15) is 5.26 Å². The minimum absolute atomic E-state index is 0.000946. The molecule has 0 aliphatic carbocycles. The molecule has 0 bridgehead atoms. The van der Waals surface area contributed by atoms with Crippen LogP contribution in [0.5, 0.6) is 0 Å². The van der Waals surface area contributed by atoms with Crippen LogP contribution in [0.3, 0.4) is 0 Å². The minimum Gasteiger partial charge on any atom is -0.408 e. The molecule has 2 heterocycles. The molecule has 166 valence electrons. The lowest BCUT2D eigenvalue weighted by atomic mass is 9.99. The van der Waals surface area contributed by atoms with Gasteiger partial charge in [-0.3, -0.25) is 9.36 Å². The monoisotopic (exact) mass is 442 g/mol. The molecule has 2 N–H and O–H groups in total. The van der Waals surface area contributed by atoms with Crippen LogP contribution >= 0.6 is 0 Å². The van der Waals surface area contributed by atoms with E-state index in [1.165, 1.54) is 29.8 Å². The third-order valence-electron chi connectivity index (χ3n) is 5.35. The molecule has 1 unspecified atom stereocenters. The van der Waals surface area contributed by atoms with Crippen molar-refractivity contribution in [2.45, 2.75) is 18.6 Å². The van der Waals surface area contributed by atoms with Gasteiger partial charge in [0.25, 0.3) is 5.91 Å². The third-order valence-corrected chi connectivity index (χ3v) is 5.35. The molecule has 0 spiro atoms. The number of nitriles is 1. The molecular formula is C22H20F2N4O4. The summed E-state index contributed by atoms with van der Waals surface area (Å²) in [5, 5.41) is 14.9. The Morgan fingerprint density at radius 1 is 1.34 bits per heavy atom. The molecule has 2 aromatic carbocycles. The van der Waals surface area contributed by atoms with Crippen molar-refractivity contribution >= 4 is 17.0 Å². The van der Waals surface area contributed by atoms with Gasteiger partial charge in [0.05, 0.1) is 18.2 Å². The van der Waals surface area contributed by atoms with Crippen LogP contribution in [0.4, 0.5) is 8.78 Å². The van der Waals surface area contributed by atoms with E-state index in [4.69, 9.17) is 9.15 Å². The van der Waals surface area contributed by atoms with E-state index in [9.17, 15) is 23.6 Å². The molecule has 1 aliphatic rings. The zero-order valence-electron chi connectivity index (χ0n) is 17.2. The molecule has 0 saturated carbocycles. The van der Waals surface area contributed by atoms with E-state index in [1.807, 2.05) is 6.07 Å². The number of benzene rings is 2. The van der Waals surface area contributed by atoms with Crippen LogP contribution in [-0.4, -0.2) is 42.3 Å². The van der Waals surface area contributed by atoms with Gasteiger partial charge in [-0.15, -0.1) is 0 Å². The van der Waals surface area contributed by atoms with Crippen molar-refractivity contribution < 1.29 is 22.7 Å². The second-order valence-corrected chi connectivity index (χ2v) is 7.49. The number of aryl methyl sites for hydroxylation is 1. The lowest BCUT2D eigenvalue weighted by Gasteiger charge is -2.24. The van der Waals surface area contributed by atoms with Gasteiger partial charge in [0.1, 0.15) is 23.8 Å². The summed E-state index contributed by atoms with van der Waals surface area (Å²) in [6, 6.07) is 7.48. The van der Waals surface area contributed by atoms with Crippen molar-refractivity contribution in [2.24, 2.45) is 7.05 Å². The number of hydrogen-bond acceptors (Lipinski definition) is 6. The van der Waals surface area contributed by atoms with Gasteiger partial charge in [-0.25, -0.2) is 13.6 Å². The average molecular weight is 442 g/mol. The van der Waals surface area contributed by atoms with Crippen LogP contribution in [0, 0.1) is 23.0 Å². The highest BCUT2D eigenvalue weighted by Gasteiger charge is 2.25. The lowest BCUT2D eigenvalue weighted by molar-refractivity contribution is -0.134. The fraction of sp³-hybridized carbons (Fsp3) is 0.318. The Labute approximate surface area is 181 Å². The van der Waals surface area contributed by atoms with Crippen molar-refractivity contribution in [1.29, 1.82) is 5.26 Å². The molecule has 3 aromatic rings. The van der Waals surface area contributed by atoms with Gasteiger partial charge in [0, 0.05) is 32.1 Å². The summed E-state index contributed by atoms with van der Waals surface area (Å²) in [4.78, 5) is 23.9. The number of oxazole rings is 1. The zero-order valence-corrected chi connectivity index (χ0v) is 17.2. The van der Waals surface area contributed by atoms with E-state index in [0.717, 1.165) is 12.1 Å². The molecule has 2 atom stereocenters. The first-order valence-corrected chi connectivity index (χ1v) is 9.97. The number of carbonyl (C=O) groups is 1. The lowest BCUT2D eigenvalue weighted by Crippen LogP contribution is -2.50. The smallest absolute Gasteiger partial charge is 0.408 e. The first kappa shape index (κ1) is 21.7. The summed E-state index contributed by atoms with van der Waals surface area (Å²) in [5.41, 5.74) is 1.11. The van der Waals surface area contributed by atoms with Crippen LogP contribution in [0.15, 0.2) is 39.5 Å². The number of morpholine rings is 1. The molecule has 1 fully saturated rings. The number of amides is 1. The molecule has 1 amide bonds. The largest absolute Gasteiger partial charge is 0.419 e. The molecule has 32 heavy (non-hydrogen) atoms. The van der Waals surface area contributed by atoms with E-state index in [-0.39, 0.29) is 17.5 Å². The average Bonchev–Trinajstić information content (AvgIpc) is 3.08. The highest BCUT2D eigenvalue weighted by Crippen LogP contribution is 2.28. The van der Waals surface area contributed by atoms with Crippen molar-refractivity contribution in [3.8, 4) is 17.2 Å². The number of halogens is 2. The van der Waals surface area contributed by atoms with Crippen molar-refractivity contribution in [2.75, 3.05) is 19.7 Å². The molecule has 10 heteroatoms. The van der Waals surface area contributed by atoms with Crippen LogP contribution in [0.2, 0.25) is 0 Å². The Bertz CT molecular complexity index is 1270. The predicted molar refractivity (Wildman–Crippen MR) is 111 cm³/mol. The SMILES string of the molecule is Cn1c(=O)oc2ccc(-c3cc(F)c(CC(C#N)NC(=O)[C@@H]4CNCCO4)cc3F)cc21. The van der Waals surface area contributed by atoms with Crippen molar-refractivity contribution in [3.05, 3.63) is 58.1 Å². The minimum atomic E-state index is -1.05. The maximum absolute atomic E-state index is 14.9. The molecule has 8 nitrogen and oxygen atoms in total. The van der Waals surface area contributed by atoms with E-state index in [1.54, 1.807) is 0 Å². The van der Waals surface area contributed by atoms with Crippen molar-refractivity contribution in [3.63, 3.8) is 0 Å². The Morgan fingerprint density at radius 2 is 2.16 bits per heavy atom. The number of nitrogens with one attached hydrogen (secondary N) is 2. The topological polar surface area (TPSA) is 109 Å². The Hall–Kier alpha value is -3.55. The highest BCUT2D eigenvalue weighted by atomic mass is 19.1. The Kier molecular flexibility index (Phi) is 6.03. The number of carbonyl (C=O) groups excluding carboxylic acids is 1. The van der Waals surface area contributed by atoms with Crippen LogP contribution in [-0.2, 0) is 23.0 Å². The predicted octanol–water partition coefficient (Wildman–Crippen LogP) is 1.62. The maximum Gasteiger partial charge on any atom is 0.419 e. The maximum atomic E-state index is 14.9. The molecule has 0 radical (unpaired) electrons. The van der Waals surface area contributed by atoms with E-state index in [2.05, 4.69) is 10.6 Å². The van der Waals surface area contributed by atoms with Crippen LogP contribution in [0.1, 0.15) is 5.56 Å². The van der Waals surface area contributed by atoms with Gasteiger partial charge in [-0.05, 0) is 35.4 Å². The van der Waals surface area contributed by atoms with Gasteiger partial charge in [0.2, 0.25) is 0 Å². The van der Waals surface area contributed by atoms with E-state index in [0.29, 0.717) is 36.4 Å². The second-order valence-electron chi connectivity index (χ2n) is 7.49. The van der Waals surface area contributed by atoms with Gasteiger partial charge in [-0.1, -0.05) is 6.07 Å². The molecular weight excluding hydrogens is 422 g/mol. The van der Waals surface area contributed by atoms with E-state index < -0.39 is 35.4 Å². The van der Waals surface area contributed by atoms with Gasteiger partial charge < -0.3 is 19.8 Å². The van der Waals surface area contributed by atoms with E-state index >= 15 is 0 Å². The first-order chi connectivity index (χ1) is 15.4. The van der Waals surface area contributed by atoms with Crippen molar-refractivity contribution in [1.82, 2.24) is 15.2 Å². The van der Waals surface area contributed by atoms with Crippen LogP contribution in [0.25, 0.3) is 22.2 Å². The molecule has 1 saturated heterocycles. The fourth-order valence-corrected chi connectivity index (χ4v) is 3.61. The van der Waals surface area contributed by atoms with Gasteiger partial charge >= 0.3 is 5.76 Å². The summed E-state index contributed by atoms with van der Waals surface area (Å²) in [6.45, 7) is 1.32. The number of rotatable bonds is 5. The Balaban J connectivity index is 1.55. The standard InChI is InChI=1S/C22H20F2N4O4/c1-28-18-8-12(2-3-19(18)32-22(28)30)15-9-16(23)13(7-17(15)24)6-14(10-25)27-21(29)20-11-26-4-5-31-20/h2-3,7-9,14,20,26H,4-6,11H2,1H3,(H,27,29)/t14?,20-/m0/s1. The summed E-state index contributed by atoms with van der Waals surface area (Å²) in [7, 11) is 1.52. The fourth-order valence-electron chi connectivity index (χ4n) is 3.61. The second kappa shape index (κ2) is 8.90. The number of aromatic nitrogens is 1. The first-order valence-electron chi connectivity index (χ1n) is 9.97. The Morgan fingerprint density at radius 3 is 2.88 bits per heavy atom. The summed E-state index contributed by atoms with van der Waals surface area (Å²) in [5.74, 6) is -2.46. The number of nitrogens with zero attached hydrogens (tertiary/aromatic N) is 2.